The Kier molecular flexibility index (Phi) is 5.15. The van der Waals surface area contributed by atoms with Crippen LogP contribution in [0.15, 0.2) is 29.1 Å². The molecule has 0 fully saturated rings. The maximum Gasteiger partial charge on any atom is 0.282 e. The highest BCUT2D eigenvalue weighted by atomic mass is 32.2. The van der Waals surface area contributed by atoms with E-state index in [1.54, 1.807) is 0 Å². The molecular weight excluding hydrogens is 322 g/mol. The van der Waals surface area contributed by atoms with Gasteiger partial charge in [0.15, 0.2) is 6.10 Å². The number of rotatable bonds is 6. The Hall–Kier alpha value is -1.92. The number of nitrogens with zero attached hydrogens (tertiary/aromatic N) is 1. The maximum atomic E-state index is 12.0. The number of aliphatic hydroxyl groups excluding tert-OH is 4. The van der Waals surface area contributed by atoms with Crippen LogP contribution in [0.5, 0.6) is 0 Å². The molecule has 0 saturated heterocycles. The van der Waals surface area contributed by atoms with Crippen molar-refractivity contribution >= 4 is 20.6 Å². The van der Waals surface area contributed by atoms with E-state index < -0.39 is 61.4 Å². The van der Waals surface area contributed by atoms with Gasteiger partial charge in [-0.05, 0) is 12.1 Å². The lowest BCUT2D eigenvalue weighted by molar-refractivity contribution is -0.384. The van der Waals surface area contributed by atoms with Crippen LogP contribution in [-0.2, 0) is 14.6 Å². The summed E-state index contributed by atoms with van der Waals surface area (Å²) in [6.07, 6.45) is -6.80. The molecule has 0 amide bonds. The van der Waals surface area contributed by atoms with E-state index in [9.17, 15) is 33.5 Å². The second kappa shape index (κ2) is 6.89. The molecule has 122 valence electrons. The van der Waals surface area contributed by atoms with Crippen LogP contribution in [0.1, 0.15) is 1.37 Å². The van der Waals surface area contributed by atoms with Crippen molar-refractivity contribution in [3.8, 4) is 0 Å². The highest BCUT2D eigenvalue weighted by Crippen LogP contribution is 2.19. The molecule has 1 aromatic carbocycles. The first-order chi connectivity index (χ1) is 10.5. The monoisotopic (exact) mass is 336 g/mol. The molecule has 0 saturated carbocycles. The van der Waals surface area contributed by atoms with Crippen molar-refractivity contribution in [3.63, 3.8) is 0 Å². The van der Waals surface area contributed by atoms with E-state index in [0.717, 1.165) is 6.07 Å². The Labute approximate surface area is 125 Å². The molecule has 0 spiro atoms. The van der Waals surface area contributed by atoms with Gasteiger partial charge in [-0.2, -0.15) is 0 Å². The molecule has 0 unspecified atom stereocenters. The summed E-state index contributed by atoms with van der Waals surface area (Å²) in [6, 6.07) is 1.15. The number of non-ortho nitro benzene ring substituents is 1. The molecule has 3 atom stereocenters. The number of aliphatic hydroxyl groups is 4. The Morgan fingerprint density at radius 3 is 2.36 bits per heavy atom. The topological polar surface area (TPSA) is 175 Å². The quantitative estimate of drug-likeness (QED) is 0.337. The van der Waals surface area contributed by atoms with Crippen LogP contribution in [0.25, 0.3) is 0 Å². The fourth-order valence-electron chi connectivity index (χ4n) is 1.41. The van der Waals surface area contributed by atoms with Crippen LogP contribution in [0, 0.1) is 10.1 Å². The molecule has 1 rings (SSSR count). The molecule has 0 aliphatic rings. The number of carbonyl (C=O) groups excluding carboxylic acids is 1. The van der Waals surface area contributed by atoms with Crippen LogP contribution in [0.2, 0.25) is 0 Å². The van der Waals surface area contributed by atoms with E-state index >= 15 is 0 Å². The number of nitro groups is 1. The number of sulfone groups is 1. The Morgan fingerprint density at radius 2 is 1.91 bits per heavy atom. The zero-order valence-electron chi connectivity index (χ0n) is 11.9. The van der Waals surface area contributed by atoms with Crippen molar-refractivity contribution in [1.29, 1.82) is 0 Å². The van der Waals surface area contributed by atoms with Gasteiger partial charge in [-0.1, -0.05) is 0 Å². The molecule has 22 heavy (non-hydrogen) atoms. The highest BCUT2D eigenvalue weighted by Gasteiger charge is 2.38. The van der Waals surface area contributed by atoms with E-state index in [1.165, 1.54) is 0 Å². The van der Waals surface area contributed by atoms with E-state index in [0.29, 0.717) is 12.1 Å². The van der Waals surface area contributed by atoms with Crippen molar-refractivity contribution in [1.82, 2.24) is 0 Å². The molecular formula is C11H13NO9S. The van der Waals surface area contributed by atoms with Gasteiger partial charge >= 0.3 is 0 Å². The van der Waals surface area contributed by atoms with Gasteiger partial charge < -0.3 is 20.4 Å². The predicted molar refractivity (Wildman–Crippen MR) is 70.4 cm³/mol. The van der Waals surface area contributed by atoms with E-state index in [-0.39, 0.29) is 0 Å². The predicted octanol–water partition coefficient (Wildman–Crippen LogP) is -2.03. The molecule has 0 aliphatic heterocycles. The van der Waals surface area contributed by atoms with Crippen LogP contribution in [0.3, 0.4) is 0 Å². The maximum absolute atomic E-state index is 12.0. The third-order valence-electron chi connectivity index (χ3n) is 2.68. The molecule has 10 nitrogen and oxygen atoms in total. The Morgan fingerprint density at radius 1 is 1.32 bits per heavy atom. The molecule has 0 aromatic heterocycles. The average molecular weight is 336 g/mol. The number of nitro benzene ring substituents is 1. The molecule has 11 heteroatoms. The SMILES string of the molecule is [2H]c1cc([N+](=O)[O-])ccc1S(=O)(=O)C(=O)[C@H](O)[C@@H](O)[C@H](O)CO. The number of hydrogen-bond donors (Lipinski definition) is 4. The molecule has 1 aromatic rings. The largest absolute Gasteiger partial charge is 0.394 e. The number of carbonyl (C=O) groups is 1. The molecule has 0 heterocycles. The van der Waals surface area contributed by atoms with Gasteiger partial charge in [-0.25, -0.2) is 8.42 Å². The van der Waals surface area contributed by atoms with Gasteiger partial charge in [0.05, 0.1) is 17.8 Å². The zero-order chi connectivity index (χ0) is 17.9. The standard InChI is InChI=1S/C11H13NO9S/c13-5-8(14)9(15)10(16)11(17)22(20,21)7-3-1-6(2-4-7)12(18)19/h1-4,8-10,13-16H,5H2/t8-,9+,10-/m1/s1/i3D. The van der Waals surface area contributed by atoms with Crippen molar-refractivity contribution in [3.05, 3.63) is 34.4 Å². The summed E-state index contributed by atoms with van der Waals surface area (Å²) in [5, 5.41) is 45.2. The van der Waals surface area contributed by atoms with Crippen molar-refractivity contribution < 1.29 is 39.9 Å². The van der Waals surface area contributed by atoms with E-state index in [4.69, 9.17) is 11.6 Å². The minimum atomic E-state index is -4.95. The lowest BCUT2D eigenvalue weighted by Crippen LogP contribution is -2.46. The van der Waals surface area contributed by atoms with E-state index in [1.807, 2.05) is 0 Å². The van der Waals surface area contributed by atoms with E-state index in [2.05, 4.69) is 0 Å². The second-order valence-electron chi connectivity index (χ2n) is 4.18. The minimum absolute atomic E-state index is 0.572. The fraction of sp³-hybridized carbons (Fsp3) is 0.364. The molecule has 0 radical (unpaired) electrons. The van der Waals surface area contributed by atoms with Gasteiger partial charge in [-0.15, -0.1) is 0 Å². The first-order valence-corrected chi connectivity index (χ1v) is 7.21. The third-order valence-corrected chi connectivity index (χ3v) is 4.28. The summed E-state index contributed by atoms with van der Waals surface area (Å²) in [4.78, 5) is 20.6. The van der Waals surface area contributed by atoms with Crippen molar-refractivity contribution in [2.45, 2.75) is 23.2 Å². The smallest absolute Gasteiger partial charge is 0.282 e. The number of benzene rings is 1. The highest BCUT2D eigenvalue weighted by molar-refractivity contribution is 8.06. The van der Waals surface area contributed by atoms with Gasteiger partial charge in [0.25, 0.3) is 10.8 Å². The van der Waals surface area contributed by atoms with Crippen LogP contribution >= 0.6 is 0 Å². The Bertz CT molecular complexity index is 720. The second-order valence-corrected chi connectivity index (χ2v) is 6.03. The summed E-state index contributed by atoms with van der Waals surface area (Å²) in [5.41, 5.74) is -0.572. The van der Waals surface area contributed by atoms with Crippen molar-refractivity contribution in [2.75, 3.05) is 6.61 Å². The first kappa shape index (κ1) is 16.5. The minimum Gasteiger partial charge on any atom is -0.394 e. The summed E-state index contributed by atoms with van der Waals surface area (Å²) < 4.78 is 31.5. The van der Waals surface area contributed by atoms with Crippen LogP contribution < -0.4 is 0 Å². The van der Waals surface area contributed by atoms with Gasteiger partial charge in [-0.3, -0.25) is 14.9 Å². The van der Waals surface area contributed by atoms with Crippen LogP contribution in [0.4, 0.5) is 5.69 Å². The molecule has 0 aliphatic carbocycles. The normalized spacial score (nSPS) is 16.5. The lowest BCUT2D eigenvalue weighted by Gasteiger charge is -2.20. The Balaban J connectivity index is 3.21. The molecule has 0 bridgehead atoms. The van der Waals surface area contributed by atoms with Crippen LogP contribution in [-0.4, -0.2) is 63.8 Å². The van der Waals surface area contributed by atoms with Gasteiger partial charge in [0.1, 0.15) is 12.2 Å². The van der Waals surface area contributed by atoms with Gasteiger partial charge in [0, 0.05) is 12.1 Å². The number of hydrogen-bond acceptors (Lipinski definition) is 9. The average Bonchev–Trinajstić information content (AvgIpc) is 2.51. The third kappa shape index (κ3) is 3.64. The lowest BCUT2D eigenvalue weighted by atomic mass is 10.1. The van der Waals surface area contributed by atoms with Gasteiger partial charge in [0.2, 0.25) is 9.84 Å². The molecule has 4 N–H and O–H groups in total. The summed E-state index contributed by atoms with van der Waals surface area (Å²) in [5.74, 6) is 0. The first-order valence-electron chi connectivity index (χ1n) is 6.23. The summed E-state index contributed by atoms with van der Waals surface area (Å²) in [7, 11) is -4.95. The van der Waals surface area contributed by atoms with Crippen molar-refractivity contribution in [2.24, 2.45) is 0 Å². The summed E-state index contributed by atoms with van der Waals surface area (Å²) in [6.45, 7) is -1.03. The fourth-order valence-corrected chi connectivity index (χ4v) is 2.54. The summed E-state index contributed by atoms with van der Waals surface area (Å²) >= 11 is 0. The zero-order valence-corrected chi connectivity index (χ0v) is 11.7.